The lowest BCUT2D eigenvalue weighted by Crippen LogP contribution is -2.21. The van der Waals surface area contributed by atoms with Crippen molar-refractivity contribution >= 4 is 5.71 Å². The fourth-order valence-electron chi connectivity index (χ4n) is 3.46. The molecule has 1 heterocycles. The van der Waals surface area contributed by atoms with Gasteiger partial charge in [-0.25, -0.2) is 0 Å². The highest BCUT2D eigenvalue weighted by atomic mass is 16.6. The first kappa shape index (κ1) is 18.7. The molecule has 0 amide bonds. The molecule has 0 bridgehead atoms. The number of hydrogen-bond acceptors (Lipinski definition) is 3. The number of hydrogen-bond donors (Lipinski definition) is 0. The first-order chi connectivity index (χ1) is 12.9. The van der Waals surface area contributed by atoms with Gasteiger partial charge in [0.15, 0.2) is 0 Å². The molecule has 0 unspecified atom stereocenters. The van der Waals surface area contributed by atoms with Crippen molar-refractivity contribution in [2.45, 2.75) is 38.5 Å². The van der Waals surface area contributed by atoms with Crippen LogP contribution in [-0.2, 0) is 11.3 Å². The predicted molar refractivity (Wildman–Crippen MR) is 109 cm³/mol. The molecular weight excluding hydrogens is 320 g/mol. The van der Waals surface area contributed by atoms with Crippen molar-refractivity contribution in [2.75, 3.05) is 26.2 Å². The van der Waals surface area contributed by atoms with Crippen LogP contribution in [0.1, 0.15) is 43.2 Å². The molecule has 2 aromatic rings. The molecule has 0 saturated carbocycles. The van der Waals surface area contributed by atoms with E-state index in [1.165, 1.54) is 37.1 Å². The van der Waals surface area contributed by atoms with Gasteiger partial charge in [0, 0.05) is 6.54 Å². The Bertz CT molecular complexity index is 648. The van der Waals surface area contributed by atoms with E-state index in [-0.39, 0.29) is 0 Å². The van der Waals surface area contributed by atoms with Crippen LogP contribution in [0.2, 0.25) is 0 Å². The molecule has 0 atom stereocenters. The highest BCUT2D eigenvalue weighted by Crippen LogP contribution is 2.11. The number of aryl methyl sites for hydroxylation is 1. The van der Waals surface area contributed by atoms with Gasteiger partial charge in [-0.2, -0.15) is 0 Å². The summed E-state index contributed by atoms with van der Waals surface area (Å²) in [5.41, 5.74) is 3.61. The van der Waals surface area contributed by atoms with E-state index in [2.05, 4.69) is 64.7 Å². The van der Waals surface area contributed by atoms with E-state index < -0.39 is 0 Å². The topological polar surface area (TPSA) is 24.8 Å². The third-order valence-electron chi connectivity index (χ3n) is 4.91. The Labute approximate surface area is 157 Å². The third kappa shape index (κ3) is 6.30. The van der Waals surface area contributed by atoms with Crippen LogP contribution in [0.5, 0.6) is 0 Å². The van der Waals surface area contributed by atoms with Gasteiger partial charge in [0.25, 0.3) is 0 Å². The number of oxime groups is 1. The highest BCUT2D eigenvalue weighted by molar-refractivity contribution is 6.00. The maximum absolute atomic E-state index is 5.67. The van der Waals surface area contributed by atoms with Crippen molar-refractivity contribution in [2.24, 2.45) is 5.16 Å². The smallest absolute Gasteiger partial charge is 0.118 e. The molecule has 138 valence electrons. The minimum absolute atomic E-state index is 0.700. The molecule has 1 aliphatic heterocycles. The van der Waals surface area contributed by atoms with Gasteiger partial charge in [-0.05, 0) is 62.7 Å². The molecule has 0 aromatic heterocycles. The van der Waals surface area contributed by atoms with Gasteiger partial charge in [-0.1, -0.05) is 65.8 Å². The molecule has 2 aromatic carbocycles. The van der Waals surface area contributed by atoms with Gasteiger partial charge in [-0.15, -0.1) is 0 Å². The fraction of sp³-hybridized carbons (Fsp3) is 0.435. The van der Waals surface area contributed by atoms with Gasteiger partial charge in [0.2, 0.25) is 0 Å². The van der Waals surface area contributed by atoms with E-state index in [9.17, 15) is 0 Å². The average Bonchev–Trinajstić information content (AvgIpc) is 3.21. The second kappa shape index (κ2) is 10.8. The van der Waals surface area contributed by atoms with Crippen LogP contribution in [0.25, 0.3) is 0 Å². The van der Waals surface area contributed by atoms with Gasteiger partial charge in [0.1, 0.15) is 6.61 Å². The lowest BCUT2D eigenvalue weighted by Gasteiger charge is -2.13. The molecule has 1 aliphatic rings. The molecule has 3 rings (SSSR count). The Kier molecular flexibility index (Phi) is 7.73. The normalized spacial score (nSPS) is 15.3. The summed E-state index contributed by atoms with van der Waals surface area (Å²) in [7, 11) is 0. The minimum atomic E-state index is 0.700. The second-order valence-corrected chi connectivity index (χ2v) is 6.98. The number of benzene rings is 2. The Morgan fingerprint density at radius 2 is 1.58 bits per heavy atom. The zero-order valence-corrected chi connectivity index (χ0v) is 15.6. The van der Waals surface area contributed by atoms with Crippen LogP contribution in [0, 0.1) is 0 Å². The zero-order chi connectivity index (χ0) is 17.9. The lowest BCUT2D eigenvalue weighted by molar-refractivity contribution is 0.132. The molecule has 0 radical (unpaired) electrons. The second-order valence-electron chi connectivity index (χ2n) is 6.98. The van der Waals surface area contributed by atoms with Gasteiger partial charge in [-0.3, -0.25) is 0 Å². The van der Waals surface area contributed by atoms with E-state index in [0.717, 1.165) is 37.9 Å². The van der Waals surface area contributed by atoms with Crippen molar-refractivity contribution in [3.05, 3.63) is 71.8 Å². The fourth-order valence-corrected chi connectivity index (χ4v) is 3.46. The Morgan fingerprint density at radius 1 is 0.885 bits per heavy atom. The van der Waals surface area contributed by atoms with E-state index >= 15 is 0 Å². The summed E-state index contributed by atoms with van der Waals surface area (Å²) in [4.78, 5) is 8.19. The standard InChI is InChI=1S/C23H30N2O/c1-3-11-21(12-4-1)13-9-16-23(22-14-5-2-6-15-22)24-26-20-10-19-25-17-7-8-18-25/h1-6,11-12,14-15H,7-10,13,16-20H2. The van der Waals surface area contributed by atoms with Crippen molar-refractivity contribution in [3.8, 4) is 0 Å². The molecule has 1 saturated heterocycles. The van der Waals surface area contributed by atoms with Gasteiger partial charge < -0.3 is 9.74 Å². The van der Waals surface area contributed by atoms with E-state index in [0.29, 0.717) is 6.61 Å². The molecule has 3 heteroatoms. The average molecular weight is 351 g/mol. The van der Waals surface area contributed by atoms with Crippen LogP contribution in [0.3, 0.4) is 0 Å². The Balaban J connectivity index is 1.47. The summed E-state index contributed by atoms with van der Waals surface area (Å²) in [6.45, 7) is 4.33. The maximum atomic E-state index is 5.67. The Morgan fingerprint density at radius 3 is 2.31 bits per heavy atom. The molecular formula is C23H30N2O. The predicted octanol–water partition coefficient (Wildman–Crippen LogP) is 4.92. The number of likely N-dealkylation sites (tertiary alicyclic amines) is 1. The van der Waals surface area contributed by atoms with Crippen molar-refractivity contribution in [1.82, 2.24) is 4.90 Å². The van der Waals surface area contributed by atoms with Crippen LogP contribution in [0.15, 0.2) is 65.8 Å². The van der Waals surface area contributed by atoms with E-state index in [1.54, 1.807) is 0 Å². The summed E-state index contributed by atoms with van der Waals surface area (Å²) < 4.78 is 0. The molecule has 0 aliphatic carbocycles. The Hall–Kier alpha value is -2.13. The van der Waals surface area contributed by atoms with Gasteiger partial charge in [0.05, 0.1) is 5.71 Å². The van der Waals surface area contributed by atoms with Crippen LogP contribution < -0.4 is 0 Å². The van der Waals surface area contributed by atoms with Crippen LogP contribution in [-0.4, -0.2) is 36.9 Å². The van der Waals surface area contributed by atoms with Gasteiger partial charge >= 0.3 is 0 Å². The summed E-state index contributed by atoms with van der Waals surface area (Å²) in [5.74, 6) is 0. The first-order valence-electron chi connectivity index (χ1n) is 9.92. The van der Waals surface area contributed by atoms with Crippen LogP contribution in [0.4, 0.5) is 0 Å². The van der Waals surface area contributed by atoms with E-state index in [4.69, 9.17) is 4.84 Å². The molecule has 3 nitrogen and oxygen atoms in total. The van der Waals surface area contributed by atoms with Crippen molar-refractivity contribution < 1.29 is 4.84 Å². The van der Waals surface area contributed by atoms with Crippen molar-refractivity contribution in [3.63, 3.8) is 0 Å². The maximum Gasteiger partial charge on any atom is 0.118 e. The minimum Gasteiger partial charge on any atom is -0.396 e. The quantitative estimate of drug-likeness (QED) is 0.345. The number of nitrogens with zero attached hydrogens (tertiary/aromatic N) is 2. The largest absolute Gasteiger partial charge is 0.396 e. The summed E-state index contributed by atoms with van der Waals surface area (Å²) in [6.07, 6.45) is 6.83. The summed E-state index contributed by atoms with van der Waals surface area (Å²) in [5, 5.41) is 4.49. The monoisotopic (exact) mass is 350 g/mol. The lowest BCUT2D eigenvalue weighted by atomic mass is 10.0. The van der Waals surface area contributed by atoms with Crippen LogP contribution >= 0.6 is 0 Å². The van der Waals surface area contributed by atoms with E-state index in [1.807, 2.05) is 6.07 Å². The zero-order valence-electron chi connectivity index (χ0n) is 15.6. The SMILES string of the molecule is c1ccc(CCCC(=NOCCCN2CCCC2)c2ccccc2)cc1. The highest BCUT2D eigenvalue weighted by Gasteiger charge is 2.10. The molecule has 1 fully saturated rings. The number of rotatable bonds is 10. The van der Waals surface area contributed by atoms with Crippen molar-refractivity contribution in [1.29, 1.82) is 0 Å². The summed E-state index contributed by atoms with van der Waals surface area (Å²) >= 11 is 0. The molecule has 0 N–H and O–H groups in total. The molecule has 0 spiro atoms. The first-order valence-corrected chi connectivity index (χ1v) is 9.92. The summed E-state index contributed by atoms with van der Waals surface area (Å²) in [6, 6.07) is 21.1. The third-order valence-corrected chi connectivity index (χ3v) is 4.91. The molecule has 26 heavy (non-hydrogen) atoms.